The van der Waals surface area contributed by atoms with E-state index in [0.717, 1.165) is 10.0 Å². The minimum absolute atomic E-state index is 0.0789. The number of rotatable bonds is 3. The Bertz CT molecular complexity index is 327. The molecule has 0 amide bonds. The second-order valence-corrected chi connectivity index (χ2v) is 3.32. The molecule has 0 saturated carbocycles. The molecule has 0 atom stereocenters. The molecule has 0 spiro atoms. The number of hydrogen-bond donors (Lipinski definition) is 0. The molecule has 70 valence electrons. The lowest BCUT2D eigenvalue weighted by atomic mass is 10.2. The maximum atomic E-state index is 10.4. The van der Waals surface area contributed by atoms with Gasteiger partial charge in [-0.15, -0.1) is 0 Å². The highest BCUT2D eigenvalue weighted by atomic mass is 79.9. The molecular weight excluding hydrogens is 238 g/mol. The second-order valence-electron chi connectivity index (χ2n) is 2.47. The summed E-state index contributed by atoms with van der Waals surface area (Å²) < 4.78 is 5.71. The van der Waals surface area contributed by atoms with E-state index in [1.54, 1.807) is 13.2 Å². The van der Waals surface area contributed by atoms with Crippen LogP contribution in [-0.2, 0) is 11.3 Å². The first kappa shape index (κ1) is 10.1. The average Bonchev–Trinajstić information content (AvgIpc) is 2.08. The van der Waals surface area contributed by atoms with Gasteiger partial charge in [0, 0.05) is 23.7 Å². The summed E-state index contributed by atoms with van der Waals surface area (Å²) in [4.78, 5) is 9.99. The third kappa shape index (κ3) is 2.50. The summed E-state index contributed by atoms with van der Waals surface area (Å²) in [7, 11) is 1.55. The lowest BCUT2D eigenvalue weighted by molar-refractivity contribution is -0.385. The van der Waals surface area contributed by atoms with Crippen molar-refractivity contribution in [1.29, 1.82) is 0 Å². The lowest BCUT2D eigenvalue weighted by Crippen LogP contribution is -1.93. The van der Waals surface area contributed by atoms with E-state index in [9.17, 15) is 10.1 Å². The molecule has 4 nitrogen and oxygen atoms in total. The summed E-state index contributed by atoms with van der Waals surface area (Å²) >= 11 is 3.28. The minimum atomic E-state index is -0.425. The predicted molar refractivity (Wildman–Crippen MR) is 51.5 cm³/mol. The zero-order chi connectivity index (χ0) is 9.84. The highest BCUT2D eigenvalue weighted by Crippen LogP contribution is 2.22. The Morgan fingerprint density at radius 2 is 2.31 bits per heavy atom. The molecule has 0 unspecified atom stereocenters. The van der Waals surface area contributed by atoms with Crippen molar-refractivity contribution in [2.45, 2.75) is 6.61 Å². The summed E-state index contributed by atoms with van der Waals surface area (Å²) in [5.41, 5.74) is 0.854. The Morgan fingerprint density at radius 3 is 2.85 bits per heavy atom. The van der Waals surface area contributed by atoms with Crippen LogP contribution in [0.1, 0.15) is 5.56 Å². The van der Waals surface area contributed by atoms with Crippen molar-refractivity contribution in [3.8, 4) is 0 Å². The third-order valence-electron chi connectivity index (χ3n) is 1.54. The van der Waals surface area contributed by atoms with Crippen LogP contribution in [0.5, 0.6) is 0 Å². The molecule has 1 rings (SSSR count). The quantitative estimate of drug-likeness (QED) is 0.608. The van der Waals surface area contributed by atoms with Gasteiger partial charge < -0.3 is 4.74 Å². The summed E-state index contributed by atoms with van der Waals surface area (Å²) in [6.45, 7) is 0.363. The average molecular weight is 246 g/mol. The van der Waals surface area contributed by atoms with Gasteiger partial charge in [0.1, 0.15) is 0 Å². The van der Waals surface area contributed by atoms with Gasteiger partial charge in [0.2, 0.25) is 0 Å². The molecule has 13 heavy (non-hydrogen) atoms. The van der Waals surface area contributed by atoms with Gasteiger partial charge in [0.15, 0.2) is 0 Å². The van der Waals surface area contributed by atoms with Crippen LogP contribution < -0.4 is 0 Å². The van der Waals surface area contributed by atoms with Crippen molar-refractivity contribution >= 4 is 21.6 Å². The summed E-state index contributed by atoms with van der Waals surface area (Å²) in [6.07, 6.45) is 0. The van der Waals surface area contributed by atoms with Gasteiger partial charge in [-0.05, 0) is 11.6 Å². The number of benzene rings is 1. The number of non-ortho nitro benzene ring substituents is 1. The SMILES string of the molecule is COCc1cc([N+](=O)[O-])ccc1Br. The number of nitrogens with zero attached hydrogens (tertiary/aromatic N) is 1. The molecule has 5 heteroatoms. The van der Waals surface area contributed by atoms with Crippen LogP contribution in [0.25, 0.3) is 0 Å². The van der Waals surface area contributed by atoms with Crippen LogP contribution in [0.3, 0.4) is 0 Å². The van der Waals surface area contributed by atoms with Gasteiger partial charge in [0.25, 0.3) is 5.69 Å². The number of nitro benzene ring substituents is 1. The lowest BCUT2D eigenvalue weighted by Gasteiger charge is -2.01. The summed E-state index contributed by atoms with van der Waals surface area (Å²) in [5, 5.41) is 10.4. The van der Waals surface area contributed by atoms with E-state index in [4.69, 9.17) is 4.74 Å². The van der Waals surface area contributed by atoms with Crippen LogP contribution in [-0.4, -0.2) is 12.0 Å². The fourth-order valence-corrected chi connectivity index (χ4v) is 1.30. The van der Waals surface area contributed by atoms with Crippen molar-refractivity contribution in [3.05, 3.63) is 38.3 Å². The van der Waals surface area contributed by atoms with Crippen LogP contribution >= 0.6 is 15.9 Å². The number of hydrogen-bond acceptors (Lipinski definition) is 3. The van der Waals surface area contributed by atoms with Gasteiger partial charge in [-0.1, -0.05) is 15.9 Å². The molecule has 0 aliphatic carbocycles. The summed E-state index contributed by atoms with van der Waals surface area (Å²) in [5.74, 6) is 0. The molecule has 0 radical (unpaired) electrons. The Balaban J connectivity index is 3.03. The second kappa shape index (κ2) is 4.34. The Morgan fingerprint density at radius 1 is 1.62 bits per heavy atom. The van der Waals surface area contributed by atoms with Crippen LogP contribution in [0.4, 0.5) is 5.69 Å². The van der Waals surface area contributed by atoms with Gasteiger partial charge in [-0.3, -0.25) is 10.1 Å². The molecule has 0 aromatic heterocycles. The van der Waals surface area contributed by atoms with Crippen molar-refractivity contribution in [3.63, 3.8) is 0 Å². The topological polar surface area (TPSA) is 52.4 Å². The van der Waals surface area contributed by atoms with Crippen molar-refractivity contribution in [2.24, 2.45) is 0 Å². The molecule has 0 bridgehead atoms. The van der Waals surface area contributed by atoms with Crippen molar-refractivity contribution < 1.29 is 9.66 Å². The van der Waals surface area contributed by atoms with E-state index in [1.165, 1.54) is 12.1 Å². The molecule has 0 fully saturated rings. The van der Waals surface area contributed by atoms with E-state index in [-0.39, 0.29) is 5.69 Å². The molecule has 1 aromatic rings. The highest BCUT2D eigenvalue weighted by Gasteiger charge is 2.08. The first-order valence-electron chi connectivity index (χ1n) is 3.57. The fraction of sp³-hybridized carbons (Fsp3) is 0.250. The number of ether oxygens (including phenoxy) is 1. The zero-order valence-corrected chi connectivity index (χ0v) is 8.58. The van der Waals surface area contributed by atoms with Gasteiger partial charge in [-0.25, -0.2) is 0 Å². The van der Waals surface area contributed by atoms with E-state index in [2.05, 4.69) is 15.9 Å². The normalized spacial score (nSPS) is 10.0. The van der Waals surface area contributed by atoms with Crippen LogP contribution in [0.15, 0.2) is 22.7 Å². The number of halogens is 1. The number of methoxy groups -OCH3 is 1. The monoisotopic (exact) mass is 245 g/mol. The zero-order valence-electron chi connectivity index (χ0n) is 6.99. The largest absolute Gasteiger partial charge is 0.380 e. The first-order valence-corrected chi connectivity index (χ1v) is 4.36. The predicted octanol–water partition coefficient (Wildman–Crippen LogP) is 2.50. The maximum Gasteiger partial charge on any atom is 0.269 e. The maximum absolute atomic E-state index is 10.4. The number of nitro groups is 1. The standard InChI is InChI=1S/C8H8BrNO3/c1-13-5-6-4-7(10(11)12)2-3-8(6)9/h2-4H,5H2,1H3. The molecule has 0 heterocycles. The van der Waals surface area contributed by atoms with Crippen LogP contribution in [0.2, 0.25) is 0 Å². The van der Waals surface area contributed by atoms with E-state index < -0.39 is 4.92 Å². The van der Waals surface area contributed by atoms with Crippen LogP contribution in [0, 0.1) is 10.1 Å². The van der Waals surface area contributed by atoms with E-state index >= 15 is 0 Å². The minimum Gasteiger partial charge on any atom is -0.380 e. The smallest absolute Gasteiger partial charge is 0.269 e. The molecule has 0 N–H and O–H groups in total. The van der Waals surface area contributed by atoms with Gasteiger partial charge in [0.05, 0.1) is 11.5 Å². The van der Waals surface area contributed by atoms with E-state index in [1.807, 2.05) is 0 Å². The first-order chi connectivity index (χ1) is 6.15. The highest BCUT2D eigenvalue weighted by molar-refractivity contribution is 9.10. The van der Waals surface area contributed by atoms with Crippen molar-refractivity contribution in [1.82, 2.24) is 0 Å². The Hall–Kier alpha value is -0.940. The third-order valence-corrected chi connectivity index (χ3v) is 2.31. The summed E-state index contributed by atoms with van der Waals surface area (Å²) in [6, 6.07) is 4.59. The van der Waals surface area contributed by atoms with Gasteiger partial charge in [-0.2, -0.15) is 0 Å². The molecule has 1 aromatic carbocycles. The van der Waals surface area contributed by atoms with Crippen molar-refractivity contribution in [2.75, 3.05) is 7.11 Å². The molecule has 0 saturated heterocycles. The Kier molecular flexibility index (Phi) is 3.39. The fourth-order valence-electron chi connectivity index (χ4n) is 0.941. The molecule has 0 aliphatic heterocycles. The molecule has 0 aliphatic rings. The van der Waals surface area contributed by atoms with E-state index in [0.29, 0.717) is 6.61 Å². The Labute approximate surface area is 83.8 Å². The molecular formula is C8H8BrNO3. The van der Waals surface area contributed by atoms with Gasteiger partial charge >= 0.3 is 0 Å².